The Bertz CT molecular complexity index is 3130. The zero-order valence-electron chi connectivity index (χ0n) is 29.0. The fourth-order valence-electron chi connectivity index (χ4n) is 8.00. The minimum atomic E-state index is -0.317. The number of amidine groups is 2. The smallest absolute Gasteiger partial charge is 0.160 e. The van der Waals surface area contributed by atoms with Gasteiger partial charge in [-0.3, -0.25) is 0 Å². The predicted molar refractivity (Wildman–Crippen MR) is 227 cm³/mol. The SMILES string of the molecule is c1ccc(C2=NC(c3ccc(-c4cccc5ccccc45)c4oc5c(-c6ccc7sc8ccccc8c7c6)cccc5c34)=NC(c3ccccc3)N2)cc1. The highest BCUT2D eigenvalue weighted by Gasteiger charge is 2.26. The van der Waals surface area contributed by atoms with Crippen LogP contribution in [0, 0.1) is 0 Å². The van der Waals surface area contributed by atoms with Gasteiger partial charge < -0.3 is 9.73 Å². The summed E-state index contributed by atoms with van der Waals surface area (Å²) in [5, 5.41) is 10.6. The topological polar surface area (TPSA) is 49.9 Å². The molecule has 1 atom stereocenters. The van der Waals surface area contributed by atoms with E-state index >= 15 is 0 Å². The number of rotatable bonds is 5. The zero-order chi connectivity index (χ0) is 35.6. The maximum Gasteiger partial charge on any atom is 0.160 e. The minimum Gasteiger partial charge on any atom is -0.455 e. The van der Waals surface area contributed by atoms with Crippen molar-refractivity contribution in [1.29, 1.82) is 0 Å². The van der Waals surface area contributed by atoms with Crippen LogP contribution >= 0.6 is 11.3 Å². The van der Waals surface area contributed by atoms with E-state index in [1.807, 2.05) is 35.6 Å². The van der Waals surface area contributed by atoms with Crippen LogP contribution in [0.3, 0.4) is 0 Å². The third-order valence-corrected chi connectivity index (χ3v) is 11.7. The Hall–Kier alpha value is -6.82. The van der Waals surface area contributed by atoms with Gasteiger partial charge in [0.1, 0.15) is 23.2 Å². The Morgan fingerprint density at radius 2 is 1.17 bits per heavy atom. The molecule has 2 aromatic heterocycles. The number of hydrogen-bond acceptors (Lipinski definition) is 5. The second-order valence-corrected chi connectivity index (χ2v) is 14.8. The fourth-order valence-corrected chi connectivity index (χ4v) is 9.09. The summed E-state index contributed by atoms with van der Waals surface area (Å²) in [6.07, 6.45) is -0.317. The minimum absolute atomic E-state index is 0.317. The Balaban J connectivity index is 1.19. The number of aliphatic imine (C=N–C) groups is 2. The summed E-state index contributed by atoms with van der Waals surface area (Å²) >= 11 is 1.83. The molecule has 0 bridgehead atoms. The normalized spacial score (nSPS) is 14.5. The number of para-hydroxylation sites is 1. The van der Waals surface area contributed by atoms with Gasteiger partial charge in [-0.15, -0.1) is 11.3 Å². The molecule has 254 valence electrons. The Kier molecular flexibility index (Phi) is 7.07. The lowest BCUT2D eigenvalue weighted by Crippen LogP contribution is -2.33. The Labute approximate surface area is 315 Å². The summed E-state index contributed by atoms with van der Waals surface area (Å²) < 4.78 is 9.76. The molecule has 0 amide bonds. The van der Waals surface area contributed by atoms with Crippen molar-refractivity contribution in [2.75, 3.05) is 0 Å². The molecule has 8 aromatic carbocycles. The molecule has 1 aliphatic rings. The van der Waals surface area contributed by atoms with Crippen LogP contribution in [0.25, 0.3) is 75.1 Å². The molecule has 0 fully saturated rings. The van der Waals surface area contributed by atoms with Crippen LogP contribution in [0.5, 0.6) is 0 Å². The molecule has 1 unspecified atom stereocenters. The summed E-state index contributed by atoms with van der Waals surface area (Å²) in [7, 11) is 0. The monoisotopic (exact) mass is 709 g/mol. The molecular formula is C49H31N3OS. The summed E-state index contributed by atoms with van der Waals surface area (Å²) in [5.41, 5.74) is 9.01. The number of hydrogen-bond donors (Lipinski definition) is 1. The van der Waals surface area contributed by atoms with E-state index in [1.165, 1.54) is 30.9 Å². The zero-order valence-corrected chi connectivity index (χ0v) is 29.8. The number of benzene rings is 8. The van der Waals surface area contributed by atoms with Crippen LogP contribution in [0.4, 0.5) is 0 Å². The van der Waals surface area contributed by atoms with Crippen molar-refractivity contribution in [2.45, 2.75) is 6.17 Å². The summed E-state index contributed by atoms with van der Waals surface area (Å²) in [4.78, 5) is 10.5. The average molecular weight is 710 g/mol. The van der Waals surface area contributed by atoms with Gasteiger partial charge in [-0.05, 0) is 57.8 Å². The highest BCUT2D eigenvalue weighted by molar-refractivity contribution is 7.25. The number of thiophene rings is 1. The maximum absolute atomic E-state index is 7.19. The largest absolute Gasteiger partial charge is 0.455 e. The van der Waals surface area contributed by atoms with E-state index in [0.717, 1.165) is 66.7 Å². The van der Waals surface area contributed by atoms with Crippen molar-refractivity contribution in [3.8, 4) is 22.3 Å². The molecule has 54 heavy (non-hydrogen) atoms. The van der Waals surface area contributed by atoms with Crippen molar-refractivity contribution in [2.24, 2.45) is 9.98 Å². The molecule has 4 nitrogen and oxygen atoms in total. The van der Waals surface area contributed by atoms with Crippen molar-refractivity contribution in [1.82, 2.24) is 5.32 Å². The van der Waals surface area contributed by atoms with Crippen LogP contribution in [0.2, 0.25) is 0 Å². The molecule has 5 heteroatoms. The highest BCUT2D eigenvalue weighted by atomic mass is 32.1. The number of nitrogens with one attached hydrogen (secondary N) is 1. The third kappa shape index (κ3) is 4.97. The van der Waals surface area contributed by atoms with E-state index in [2.05, 4.69) is 157 Å². The number of fused-ring (bicyclic) bond motifs is 7. The van der Waals surface area contributed by atoms with Crippen LogP contribution in [-0.2, 0) is 0 Å². The lowest BCUT2D eigenvalue weighted by Gasteiger charge is -2.24. The maximum atomic E-state index is 7.19. The second-order valence-electron chi connectivity index (χ2n) is 13.7. The predicted octanol–water partition coefficient (Wildman–Crippen LogP) is 12.9. The van der Waals surface area contributed by atoms with E-state index in [4.69, 9.17) is 14.4 Å². The molecule has 10 aromatic rings. The van der Waals surface area contributed by atoms with Crippen molar-refractivity contribution in [3.05, 3.63) is 193 Å². The molecule has 0 aliphatic carbocycles. The molecule has 0 radical (unpaired) electrons. The average Bonchev–Trinajstić information content (AvgIpc) is 3.83. The lowest BCUT2D eigenvalue weighted by atomic mass is 9.93. The van der Waals surface area contributed by atoms with Crippen molar-refractivity contribution >= 4 is 75.9 Å². The molecule has 1 aliphatic heterocycles. The van der Waals surface area contributed by atoms with Crippen LogP contribution in [0.15, 0.2) is 190 Å². The Morgan fingerprint density at radius 1 is 0.481 bits per heavy atom. The quantitative estimate of drug-likeness (QED) is 0.193. The molecule has 1 N–H and O–H groups in total. The molecule has 0 saturated heterocycles. The van der Waals surface area contributed by atoms with Gasteiger partial charge in [0.2, 0.25) is 0 Å². The van der Waals surface area contributed by atoms with E-state index in [1.54, 1.807) is 0 Å². The molecule has 11 rings (SSSR count). The van der Waals surface area contributed by atoms with Gasteiger partial charge in [-0.25, -0.2) is 9.98 Å². The number of nitrogens with zero attached hydrogens (tertiary/aromatic N) is 2. The van der Waals surface area contributed by atoms with Crippen LogP contribution in [0.1, 0.15) is 22.9 Å². The first-order valence-corrected chi connectivity index (χ1v) is 19.0. The van der Waals surface area contributed by atoms with Gasteiger partial charge in [-0.2, -0.15) is 0 Å². The highest BCUT2D eigenvalue weighted by Crippen LogP contribution is 2.45. The first kappa shape index (κ1) is 30.8. The van der Waals surface area contributed by atoms with Crippen LogP contribution < -0.4 is 5.32 Å². The first-order chi connectivity index (χ1) is 26.8. The van der Waals surface area contributed by atoms with Gasteiger partial charge in [0.15, 0.2) is 5.84 Å². The standard InChI is InChI=1S/C49H31N3OS/c1-3-14-31(15-4-1)47-50-48(32-16-5-2-6-17-32)52-49(51-47)40-27-26-38(36-22-11-18-30-13-7-8-19-34(30)36)46-44(40)39-23-12-21-35(45(39)53-46)33-25-28-43-41(29-33)37-20-9-10-24-42(37)54-43/h1-29,47H,(H,50,51,52). The van der Waals surface area contributed by atoms with Crippen LogP contribution in [-0.4, -0.2) is 11.7 Å². The second kappa shape index (κ2) is 12.4. The molecule has 3 heterocycles. The summed E-state index contributed by atoms with van der Waals surface area (Å²) in [6.45, 7) is 0. The van der Waals surface area contributed by atoms with Gasteiger partial charge in [-0.1, -0.05) is 146 Å². The Morgan fingerprint density at radius 3 is 2.06 bits per heavy atom. The lowest BCUT2D eigenvalue weighted by molar-refractivity contribution is 0.670. The number of furan rings is 1. The van der Waals surface area contributed by atoms with Gasteiger partial charge in [0, 0.05) is 53.2 Å². The molecular weight excluding hydrogens is 679 g/mol. The van der Waals surface area contributed by atoms with E-state index in [0.29, 0.717) is 5.84 Å². The van der Waals surface area contributed by atoms with E-state index < -0.39 is 0 Å². The molecule has 0 spiro atoms. The summed E-state index contributed by atoms with van der Waals surface area (Å²) in [6, 6.07) is 62.0. The van der Waals surface area contributed by atoms with Crippen molar-refractivity contribution in [3.63, 3.8) is 0 Å². The van der Waals surface area contributed by atoms with E-state index in [9.17, 15) is 0 Å². The third-order valence-electron chi connectivity index (χ3n) is 10.6. The first-order valence-electron chi connectivity index (χ1n) is 18.2. The summed E-state index contributed by atoms with van der Waals surface area (Å²) in [5.74, 6) is 1.45. The molecule has 0 saturated carbocycles. The van der Waals surface area contributed by atoms with Crippen molar-refractivity contribution < 1.29 is 4.42 Å². The van der Waals surface area contributed by atoms with Gasteiger partial charge >= 0.3 is 0 Å². The fraction of sp³-hybridized carbons (Fsp3) is 0.0204. The van der Waals surface area contributed by atoms with Gasteiger partial charge in [0.25, 0.3) is 0 Å². The van der Waals surface area contributed by atoms with E-state index in [-0.39, 0.29) is 6.17 Å². The van der Waals surface area contributed by atoms with Gasteiger partial charge in [0.05, 0.1) is 0 Å².